The molecule has 100 valence electrons. The molecule has 0 bridgehead atoms. The third-order valence-electron chi connectivity index (χ3n) is 2.14. The molecule has 0 aliphatic heterocycles. The van der Waals surface area contributed by atoms with Crippen molar-refractivity contribution in [2.24, 2.45) is 0 Å². The van der Waals surface area contributed by atoms with Crippen LogP contribution < -0.4 is 10.1 Å². The molecular formula is C12H15BrFNO3. The molecule has 0 aliphatic carbocycles. The molecular weight excluding hydrogens is 305 g/mol. The fourth-order valence-corrected chi connectivity index (χ4v) is 1.65. The van der Waals surface area contributed by atoms with Gasteiger partial charge in [-0.15, -0.1) is 0 Å². The van der Waals surface area contributed by atoms with Crippen molar-refractivity contribution < 1.29 is 19.0 Å². The molecule has 4 nitrogen and oxygen atoms in total. The number of nitrogens with one attached hydrogen (secondary N) is 1. The lowest BCUT2D eigenvalue weighted by Gasteiger charge is -2.16. The zero-order chi connectivity index (χ0) is 13.7. The van der Waals surface area contributed by atoms with Crippen LogP contribution >= 0.6 is 15.9 Å². The molecule has 6 heteroatoms. The number of carbonyl (C=O) groups excluding carboxylic acids is 1. The van der Waals surface area contributed by atoms with E-state index in [0.29, 0.717) is 10.2 Å². The molecule has 2 unspecified atom stereocenters. The smallest absolute Gasteiger partial charge is 0.260 e. The maximum Gasteiger partial charge on any atom is 0.260 e. The number of hydrogen-bond donors (Lipinski definition) is 2. The average Bonchev–Trinajstić information content (AvgIpc) is 2.29. The second-order valence-corrected chi connectivity index (χ2v) is 4.78. The van der Waals surface area contributed by atoms with Crippen LogP contribution in [0.15, 0.2) is 22.7 Å². The first-order chi connectivity index (χ1) is 8.40. The monoisotopic (exact) mass is 319 g/mol. The summed E-state index contributed by atoms with van der Waals surface area (Å²) >= 11 is 3.15. The van der Waals surface area contributed by atoms with Gasteiger partial charge >= 0.3 is 0 Å². The fourth-order valence-electron chi connectivity index (χ4n) is 1.21. The number of aliphatic hydroxyl groups excluding tert-OH is 1. The zero-order valence-corrected chi connectivity index (χ0v) is 11.7. The van der Waals surface area contributed by atoms with E-state index in [4.69, 9.17) is 9.84 Å². The highest BCUT2D eigenvalue weighted by Crippen LogP contribution is 2.26. The Kier molecular flexibility index (Phi) is 5.55. The van der Waals surface area contributed by atoms with Crippen molar-refractivity contribution in [3.8, 4) is 5.75 Å². The molecule has 0 radical (unpaired) electrons. The summed E-state index contributed by atoms with van der Waals surface area (Å²) in [6, 6.07) is 3.95. The Balaban J connectivity index is 2.58. The molecule has 0 aliphatic rings. The number of carbonyl (C=O) groups is 1. The molecule has 1 aromatic rings. The molecule has 0 heterocycles. The van der Waals surface area contributed by atoms with E-state index in [1.807, 2.05) is 0 Å². The maximum atomic E-state index is 12.9. The van der Waals surface area contributed by atoms with Gasteiger partial charge in [0, 0.05) is 6.54 Å². The summed E-state index contributed by atoms with van der Waals surface area (Å²) in [5, 5.41) is 11.6. The second kappa shape index (κ2) is 6.70. The summed E-state index contributed by atoms with van der Waals surface area (Å²) in [6.07, 6.45) is -1.34. The predicted octanol–water partition coefficient (Wildman–Crippen LogP) is 1.85. The van der Waals surface area contributed by atoms with E-state index in [9.17, 15) is 9.18 Å². The van der Waals surface area contributed by atoms with Gasteiger partial charge in [-0.3, -0.25) is 4.79 Å². The summed E-state index contributed by atoms with van der Waals surface area (Å²) in [5.74, 6) is -0.344. The minimum absolute atomic E-state index is 0.164. The zero-order valence-electron chi connectivity index (χ0n) is 10.1. The van der Waals surface area contributed by atoms with Gasteiger partial charge in [-0.05, 0) is 48.0 Å². The average molecular weight is 320 g/mol. The van der Waals surface area contributed by atoms with Crippen molar-refractivity contribution in [3.63, 3.8) is 0 Å². The number of rotatable bonds is 5. The molecule has 0 aromatic heterocycles. The molecule has 18 heavy (non-hydrogen) atoms. The Hall–Kier alpha value is -1.14. The Labute approximate surface area is 113 Å². The molecule has 1 amide bonds. The summed E-state index contributed by atoms with van der Waals surface area (Å²) in [7, 11) is 0. The van der Waals surface area contributed by atoms with Crippen LogP contribution in [-0.4, -0.2) is 29.8 Å². The van der Waals surface area contributed by atoms with Crippen LogP contribution in [0.5, 0.6) is 5.75 Å². The van der Waals surface area contributed by atoms with Crippen LogP contribution in [0.4, 0.5) is 4.39 Å². The topological polar surface area (TPSA) is 58.6 Å². The number of amides is 1. The third kappa shape index (κ3) is 4.62. The van der Waals surface area contributed by atoms with E-state index >= 15 is 0 Å². The molecule has 0 spiro atoms. The fraction of sp³-hybridized carbons (Fsp3) is 0.417. The van der Waals surface area contributed by atoms with Gasteiger partial charge in [-0.25, -0.2) is 4.39 Å². The Morgan fingerprint density at radius 2 is 2.22 bits per heavy atom. The van der Waals surface area contributed by atoms with Crippen LogP contribution in [0.1, 0.15) is 13.8 Å². The second-order valence-electron chi connectivity index (χ2n) is 3.93. The van der Waals surface area contributed by atoms with Crippen molar-refractivity contribution in [3.05, 3.63) is 28.5 Å². The Bertz CT molecular complexity index is 426. The third-order valence-corrected chi connectivity index (χ3v) is 2.76. The van der Waals surface area contributed by atoms with Crippen molar-refractivity contribution in [2.45, 2.75) is 26.1 Å². The normalized spacial score (nSPS) is 13.8. The summed E-state index contributed by atoms with van der Waals surface area (Å²) in [4.78, 5) is 11.6. The lowest BCUT2D eigenvalue weighted by molar-refractivity contribution is -0.127. The quantitative estimate of drug-likeness (QED) is 0.870. The van der Waals surface area contributed by atoms with Crippen LogP contribution in [0.25, 0.3) is 0 Å². The van der Waals surface area contributed by atoms with E-state index < -0.39 is 12.2 Å². The van der Waals surface area contributed by atoms with Crippen molar-refractivity contribution in [1.29, 1.82) is 0 Å². The first kappa shape index (κ1) is 14.9. The minimum atomic E-state index is -0.731. The maximum absolute atomic E-state index is 12.9. The SMILES string of the molecule is CC(O)CNC(=O)C(C)Oc1ccc(F)cc1Br. The first-order valence-corrected chi connectivity index (χ1v) is 6.27. The van der Waals surface area contributed by atoms with E-state index in [1.165, 1.54) is 18.2 Å². The lowest BCUT2D eigenvalue weighted by Crippen LogP contribution is -2.39. The largest absolute Gasteiger partial charge is 0.480 e. The molecule has 0 saturated carbocycles. The van der Waals surface area contributed by atoms with Crippen LogP contribution in [-0.2, 0) is 4.79 Å². The Morgan fingerprint density at radius 3 is 2.78 bits per heavy atom. The van der Waals surface area contributed by atoms with E-state index in [0.717, 1.165) is 0 Å². The molecule has 0 saturated heterocycles. The van der Waals surface area contributed by atoms with Crippen LogP contribution in [0.2, 0.25) is 0 Å². The molecule has 1 rings (SSSR count). The highest BCUT2D eigenvalue weighted by molar-refractivity contribution is 9.10. The predicted molar refractivity (Wildman–Crippen MR) is 68.9 cm³/mol. The molecule has 2 N–H and O–H groups in total. The highest BCUT2D eigenvalue weighted by Gasteiger charge is 2.16. The van der Waals surface area contributed by atoms with Gasteiger partial charge in [0.1, 0.15) is 11.6 Å². The van der Waals surface area contributed by atoms with Gasteiger partial charge < -0.3 is 15.2 Å². The van der Waals surface area contributed by atoms with Gasteiger partial charge in [0.2, 0.25) is 0 Å². The summed E-state index contributed by atoms with van der Waals surface area (Å²) in [5.41, 5.74) is 0. The van der Waals surface area contributed by atoms with Crippen molar-refractivity contribution in [1.82, 2.24) is 5.32 Å². The van der Waals surface area contributed by atoms with Crippen LogP contribution in [0.3, 0.4) is 0 Å². The van der Waals surface area contributed by atoms with Gasteiger partial charge in [-0.2, -0.15) is 0 Å². The summed E-state index contributed by atoms with van der Waals surface area (Å²) in [6.45, 7) is 3.31. The molecule has 0 fully saturated rings. The number of aliphatic hydroxyl groups is 1. The first-order valence-electron chi connectivity index (χ1n) is 5.47. The van der Waals surface area contributed by atoms with Gasteiger partial charge in [0.25, 0.3) is 5.91 Å². The van der Waals surface area contributed by atoms with Crippen molar-refractivity contribution >= 4 is 21.8 Å². The molecule has 1 aromatic carbocycles. The van der Waals surface area contributed by atoms with E-state index in [1.54, 1.807) is 13.8 Å². The number of hydrogen-bond acceptors (Lipinski definition) is 3. The highest BCUT2D eigenvalue weighted by atomic mass is 79.9. The number of ether oxygens (including phenoxy) is 1. The van der Waals surface area contributed by atoms with Gasteiger partial charge in [0.05, 0.1) is 10.6 Å². The van der Waals surface area contributed by atoms with Crippen LogP contribution in [0, 0.1) is 5.82 Å². The van der Waals surface area contributed by atoms with Gasteiger partial charge in [-0.1, -0.05) is 0 Å². The number of halogens is 2. The number of benzene rings is 1. The van der Waals surface area contributed by atoms with Crippen molar-refractivity contribution in [2.75, 3.05) is 6.54 Å². The molecule has 2 atom stereocenters. The van der Waals surface area contributed by atoms with Gasteiger partial charge in [0.15, 0.2) is 6.10 Å². The lowest BCUT2D eigenvalue weighted by atomic mass is 10.3. The minimum Gasteiger partial charge on any atom is -0.480 e. The van der Waals surface area contributed by atoms with E-state index in [-0.39, 0.29) is 18.3 Å². The summed E-state index contributed by atoms with van der Waals surface area (Å²) < 4.78 is 18.7. The van der Waals surface area contributed by atoms with E-state index in [2.05, 4.69) is 21.2 Å². The Morgan fingerprint density at radius 1 is 1.56 bits per heavy atom. The standard InChI is InChI=1S/C12H15BrFNO3/c1-7(16)6-15-12(17)8(2)18-11-4-3-9(14)5-10(11)13/h3-5,7-8,16H,6H2,1-2H3,(H,15,17).